The molecule has 2 nitrogen and oxygen atoms in total. The van der Waals surface area contributed by atoms with Gasteiger partial charge in [0.25, 0.3) is 0 Å². The van der Waals surface area contributed by atoms with Gasteiger partial charge in [0.1, 0.15) is 5.75 Å². The number of hydrogen-bond acceptors (Lipinski definition) is 2. The summed E-state index contributed by atoms with van der Waals surface area (Å²) in [5.74, 6) is 1.87. The molecule has 0 radical (unpaired) electrons. The lowest BCUT2D eigenvalue weighted by Gasteiger charge is -2.15. The minimum atomic E-state index is 0.796. The number of hydrogen-bond donors (Lipinski definition) is 1. The van der Waals surface area contributed by atoms with Gasteiger partial charge in [0, 0.05) is 16.6 Å². The van der Waals surface area contributed by atoms with Crippen molar-refractivity contribution in [2.45, 2.75) is 33.2 Å². The lowest BCUT2D eigenvalue weighted by atomic mass is 10.1. The van der Waals surface area contributed by atoms with Crippen molar-refractivity contribution in [1.29, 1.82) is 0 Å². The molecule has 0 aliphatic heterocycles. The van der Waals surface area contributed by atoms with Gasteiger partial charge in [0.05, 0.1) is 6.61 Å². The summed E-state index contributed by atoms with van der Waals surface area (Å²) in [6.45, 7) is 6.96. The van der Waals surface area contributed by atoms with Gasteiger partial charge in [-0.05, 0) is 49.9 Å². The molecule has 1 aliphatic carbocycles. The molecule has 17 heavy (non-hydrogen) atoms. The maximum Gasteiger partial charge on any atom is 0.126 e. The lowest BCUT2D eigenvalue weighted by molar-refractivity contribution is 0.294. The van der Waals surface area contributed by atoms with E-state index in [9.17, 15) is 0 Å². The van der Waals surface area contributed by atoms with E-state index in [2.05, 4.69) is 47.2 Å². The fraction of sp³-hybridized carbons (Fsp3) is 0.571. The third-order valence-electron chi connectivity index (χ3n) is 3.04. The Morgan fingerprint density at radius 2 is 2.18 bits per heavy atom. The van der Waals surface area contributed by atoms with Crippen LogP contribution in [0.5, 0.6) is 5.75 Å². The Labute approximate surface area is 112 Å². The predicted molar refractivity (Wildman–Crippen MR) is 74.5 cm³/mol. The Hall–Kier alpha value is -0.540. The van der Waals surface area contributed by atoms with Crippen LogP contribution in [-0.4, -0.2) is 13.2 Å². The topological polar surface area (TPSA) is 21.3 Å². The number of aryl methyl sites for hydroxylation is 1. The Bertz CT molecular complexity index is 388. The molecule has 0 unspecified atom stereocenters. The maximum atomic E-state index is 5.98. The summed E-state index contributed by atoms with van der Waals surface area (Å²) in [6.07, 6.45) is 2.66. The molecule has 1 aliphatic rings. The van der Waals surface area contributed by atoms with Crippen LogP contribution in [0.1, 0.15) is 30.9 Å². The van der Waals surface area contributed by atoms with E-state index in [-0.39, 0.29) is 0 Å². The zero-order chi connectivity index (χ0) is 12.3. The predicted octanol–water partition coefficient (Wildman–Crippen LogP) is 3.66. The fourth-order valence-electron chi connectivity index (χ4n) is 1.88. The molecule has 3 heteroatoms. The van der Waals surface area contributed by atoms with Crippen LogP contribution in [0.3, 0.4) is 0 Å². The van der Waals surface area contributed by atoms with Crippen LogP contribution in [-0.2, 0) is 6.54 Å². The summed E-state index contributed by atoms with van der Waals surface area (Å²) in [6, 6.07) is 4.27. The number of nitrogens with one attached hydrogen (secondary N) is 1. The Kier molecular flexibility index (Phi) is 4.46. The standard InChI is InChI=1S/C14H20BrNO/c1-3-16-8-12-7-13(15)6-10(2)14(12)17-9-11-4-5-11/h6-7,11,16H,3-5,8-9H2,1-2H3. The Morgan fingerprint density at radius 3 is 2.82 bits per heavy atom. The van der Waals surface area contributed by atoms with Gasteiger partial charge < -0.3 is 10.1 Å². The van der Waals surface area contributed by atoms with E-state index in [4.69, 9.17) is 4.74 Å². The number of rotatable bonds is 6. The molecule has 0 atom stereocenters. The second kappa shape index (κ2) is 5.87. The molecule has 0 heterocycles. The number of halogens is 1. The fourth-order valence-corrected chi connectivity index (χ4v) is 2.50. The van der Waals surface area contributed by atoms with Crippen molar-refractivity contribution in [2.24, 2.45) is 5.92 Å². The van der Waals surface area contributed by atoms with E-state index in [0.29, 0.717) is 0 Å². The van der Waals surface area contributed by atoms with Crippen LogP contribution in [0.2, 0.25) is 0 Å². The van der Waals surface area contributed by atoms with Crippen LogP contribution in [0.15, 0.2) is 16.6 Å². The van der Waals surface area contributed by atoms with Crippen molar-refractivity contribution in [1.82, 2.24) is 5.32 Å². The minimum Gasteiger partial charge on any atom is -0.493 e. The van der Waals surface area contributed by atoms with E-state index in [1.54, 1.807) is 0 Å². The van der Waals surface area contributed by atoms with Gasteiger partial charge in [-0.2, -0.15) is 0 Å². The van der Waals surface area contributed by atoms with Crippen LogP contribution in [0, 0.1) is 12.8 Å². The first kappa shape index (κ1) is 12.9. The summed E-state index contributed by atoms with van der Waals surface area (Å²) in [5.41, 5.74) is 2.47. The summed E-state index contributed by atoms with van der Waals surface area (Å²) in [4.78, 5) is 0. The second-order valence-electron chi connectivity index (χ2n) is 4.75. The van der Waals surface area contributed by atoms with Crippen LogP contribution in [0.4, 0.5) is 0 Å². The van der Waals surface area contributed by atoms with Gasteiger partial charge in [-0.3, -0.25) is 0 Å². The van der Waals surface area contributed by atoms with Gasteiger partial charge in [-0.1, -0.05) is 22.9 Å². The number of ether oxygens (including phenoxy) is 1. The van der Waals surface area contributed by atoms with Gasteiger partial charge in [-0.25, -0.2) is 0 Å². The third kappa shape index (κ3) is 3.71. The molecule has 0 amide bonds. The Morgan fingerprint density at radius 1 is 1.41 bits per heavy atom. The second-order valence-corrected chi connectivity index (χ2v) is 5.66. The smallest absolute Gasteiger partial charge is 0.126 e. The van der Waals surface area contributed by atoms with Crippen molar-refractivity contribution in [3.8, 4) is 5.75 Å². The highest BCUT2D eigenvalue weighted by Crippen LogP contribution is 2.33. The highest BCUT2D eigenvalue weighted by molar-refractivity contribution is 9.10. The molecule has 0 spiro atoms. The molecule has 1 aromatic carbocycles. The van der Waals surface area contributed by atoms with Crippen molar-refractivity contribution in [2.75, 3.05) is 13.2 Å². The van der Waals surface area contributed by atoms with Crippen LogP contribution in [0.25, 0.3) is 0 Å². The zero-order valence-corrected chi connectivity index (χ0v) is 12.1. The van der Waals surface area contributed by atoms with Crippen LogP contribution < -0.4 is 10.1 Å². The monoisotopic (exact) mass is 297 g/mol. The largest absolute Gasteiger partial charge is 0.493 e. The maximum absolute atomic E-state index is 5.98. The van der Waals surface area contributed by atoms with Crippen molar-refractivity contribution >= 4 is 15.9 Å². The van der Waals surface area contributed by atoms with E-state index in [0.717, 1.165) is 35.8 Å². The first-order chi connectivity index (χ1) is 8.20. The summed E-state index contributed by atoms with van der Waals surface area (Å²) in [5, 5.41) is 3.36. The van der Waals surface area contributed by atoms with Gasteiger partial charge >= 0.3 is 0 Å². The molecule has 0 saturated heterocycles. The highest BCUT2D eigenvalue weighted by atomic mass is 79.9. The average molecular weight is 298 g/mol. The molecule has 2 rings (SSSR count). The Balaban J connectivity index is 2.12. The molecule has 1 saturated carbocycles. The van der Waals surface area contributed by atoms with E-state index in [1.807, 2.05) is 0 Å². The lowest BCUT2D eigenvalue weighted by Crippen LogP contribution is -2.14. The first-order valence-corrected chi connectivity index (χ1v) is 7.12. The summed E-state index contributed by atoms with van der Waals surface area (Å²) < 4.78 is 7.11. The normalized spacial score (nSPS) is 15.0. The van der Waals surface area contributed by atoms with E-state index < -0.39 is 0 Å². The van der Waals surface area contributed by atoms with Crippen molar-refractivity contribution < 1.29 is 4.74 Å². The molecule has 1 N–H and O–H groups in total. The van der Waals surface area contributed by atoms with Crippen molar-refractivity contribution in [3.05, 3.63) is 27.7 Å². The van der Waals surface area contributed by atoms with E-state index >= 15 is 0 Å². The molecular weight excluding hydrogens is 278 g/mol. The molecule has 1 aromatic rings. The highest BCUT2D eigenvalue weighted by Gasteiger charge is 2.22. The molecule has 1 fully saturated rings. The van der Waals surface area contributed by atoms with Gasteiger partial charge in [-0.15, -0.1) is 0 Å². The molecule has 0 bridgehead atoms. The van der Waals surface area contributed by atoms with Crippen molar-refractivity contribution in [3.63, 3.8) is 0 Å². The molecular formula is C14H20BrNO. The minimum absolute atomic E-state index is 0.796. The zero-order valence-electron chi connectivity index (χ0n) is 10.6. The SMILES string of the molecule is CCNCc1cc(Br)cc(C)c1OCC1CC1. The third-order valence-corrected chi connectivity index (χ3v) is 3.50. The average Bonchev–Trinajstić information content (AvgIpc) is 3.08. The molecule has 94 valence electrons. The molecule has 0 aromatic heterocycles. The first-order valence-electron chi connectivity index (χ1n) is 6.33. The number of benzene rings is 1. The van der Waals surface area contributed by atoms with Gasteiger partial charge in [0.15, 0.2) is 0 Å². The quantitative estimate of drug-likeness (QED) is 0.865. The van der Waals surface area contributed by atoms with Crippen LogP contribution >= 0.6 is 15.9 Å². The van der Waals surface area contributed by atoms with Gasteiger partial charge in [0.2, 0.25) is 0 Å². The summed E-state index contributed by atoms with van der Waals surface area (Å²) >= 11 is 3.55. The summed E-state index contributed by atoms with van der Waals surface area (Å²) in [7, 11) is 0. The van der Waals surface area contributed by atoms with E-state index in [1.165, 1.54) is 24.0 Å².